The van der Waals surface area contributed by atoms with Gasteiger partial charge in [-0.3, -0.25) is 9.78 Å². The van der Waals surface area contributed by atoms with Gasteiger partial charge >= 0.3 is 0 Å². The van der Waals surface area contributed by atoms with Crippen LogP contribution in [0.15, 0.2) is 24.5 Å². The van der Waals surface area contributed by atoms with E-state index in [2.05, 4.69) is 17.1 Å². The third-order valence-electron chi connectivity index (χ3n) is 3.86. The number of hydrogen-bond acceptors (Lipinski definition) is 4. The van der Waals surface area contributed by atoms with Crippen molar-refractivity contribution in [2.75, 3.05) is 25.1 Å². The summed E-state index contributed by atoms with van der Waals surface area (Å²) >= 11 is 1.66. The Labute approximate surface area is 124 Å². The van der Waals surface area contributed by atoms with Gasteiger partial charge in [0.1, 0.15) is 6.10 Å². The summed E-state index contributed by atoms with van der Waals surface area (Å²) in [4.78, 5) is 17.9. The molecule has 0 aromatic carbocycles. The number of amides is 1. The van der Waals surface area contributed by atoms with Gasteiger partial charge in [0.2, 0.25) is 0 Å². The van der Waals surface area contributed by atoms with E-state index in [1.807, 2.05) is 23.5 Å². The highest BCUT2D eigenvalue weighted by Gasteiger charge is 2.27. The molecule has 1 atom stereocenters. The largest absolute Gasteiger partial charge is 0.383 e. The quantitative estimate of drug-likeness (QED) is 0.901. The van der Waals surface area contributed by atoms with Crippen molar-refractivity contribution >= 4 is 17.7 Å². The van der Waals surface area contributed by atoms with Gasteiger partial charge in [0.15, 0.2) is 0 Å². The molecule has 110 valence electrons. The summed E-state index contributed by atoms with van der Waals surface area (Å²) in [5.41, 5.74) is 1.30. The second-order valence-electron chi connectivity index (χ2n) is 5.18. The number of pyridine rings is 1. The first-order chi connectivity index (χ1) is 9.72. The Hall–Kier alpha value is -1.07. The normalized spacial score (nSPS) is 18.0. The van der Waals surface area contributed by atoms with Gasteiger partial charge in [-0.15, -0.1) is 0 Å². The van der Waals surface area contributed by atoms with Crippen LogP contribution >= 0.6 is 11.8 Å². The van der Waals surface area contributed by atoms with Crippen LogP contribution in [0.25, 0.3) is 0 Å². The maximum atomic E-state index is 12.1. The van der Waals surface area contributed by atoms with E-state index in [0.29, 0.717) is 12.3 Å². The lowest BCUT2D eigenvalue weighted by atomic mass is 9.90. The molecule has 2 heterocycles. The molecule has 1 amide bonds. The summed E-state index contributed by atoms with van der Waals surface area (Å²) in [6.45, 7) is 1.48. The highest BCUT2D eigenvalue weighted by atomic mass is 32.2. The Balaban J connectivity index is 1.83. The van der Waals surface area contributed by atoms with Crippen LogP contribution in [0.3, 0.4) is 0 Å². The molecule has 0 radical (unpaired) electrons. The molecule has 1 aromatic rings. The average molecular weight is 294 g/mol. The van der Waals surface area contributed by atoms with E-state index in [4.69, 9.17) is 0 Å². The minimum absolute atomic E-state index is 0.104. The molecule has 1 N–H and O–H groups in total. The lowest BCUT2D eigenvalue weighted by Gasteiger charge is -2.33. The number of carbonyl (C=O) groups is 1. The average Bonchev–Trinajstić information content (AvgIpc) is 2.53. The number of thioether (sulfide) groups is 1. The summed E-state index contributed by atoms with van der Waals surface area (Å²) < 4.78 is 0. The van der Waals surface area contributed by atoms with Gasteiger partial charge in [0.25, 0.3) is 5.91 Å². The third kappa shape index (κ3) is 3.96. The predicted octanol–water partition coefficient (Wildman–Crippen LogP) is 1.90. The van der Waals surface area contributed by atoms with Gasteiger partial charge in [-0.2, -0.15) is 11.8 Å². The molecule has 1 aromatic heterocycles. The van der Waals surface area contributed by atoms with Crippen molar-refractivity contribution in [3.05, 3.63) is 30.1 Å². The van der Waals surface area contributed by atoms with Crippen molar-refractivity contribution in [3.63, 3.8) is 0 Å². The van der Waals surface area contributed by atoms with Crippen molar-refractivity contribution in [1.29, 1.82) is 0 Å². The van der Waals surface area contributed by atoms with Crippen molar-refractivity contribution in [2.45, 2.75) is 31.3 Å². The lowest BCUT2D eigenvalue weighted by Crippen LogP contribution is -2.43. The van der Waals surface area contributed by atoms with Crippen LogP contribution in [0, 0.1) is 0 Å². The Morgan fingerprint density at radius 1 is 1.45 bits per heavy atom. The zero-order chi connectivity index (χ0) is 14.4. The summed E-state index contributed by atoms with van der Waals surface area (Å²) in [5.74, 6) is 1.22. The van der Waals surface area contributed by atoms with Crippen LogP contribution in [0.2, 0.25) is 0 Å². The third-order valence-corrected chi connectivity index (χ3v) is 4.51. The van der Waals surface area contributed by atoms with Gasteiger partial charge in [-0.25, -0.2) is 0 Å². The number of aliphatic hydroxyl groups is 1. The van der Waals surface area contributed by atoms with Crippen molar-refractivity contribution < 1.29 is 9.90 Å². The van der Waals surface area contributed by atoms with Crippen LogP contribution in [0.5, 0.6) is 0 Å². The Kier molecular flexibility index (Phi) is 5.86. The minimum Gasteiger partial charge on any atom is -0.383 e. The predicted molar refractivity (Wildman–Crippen MR) is 81.8 cm³/mol. The van der Waals surface area contributed by atoms with E-state index in [0.717, 1.165) is 31.7 Å². The van der Waals surface area contributed by atoms with Crippen molar-refractivity contribution in [2.24, 2.45) is 0 Å². The number of nitrogens with zero attached hydrogens (tertiary/aromatic N) is 2. The molecule has 4 nitrogen and oxygen atoms in total. The van der Waals surface area contributed by atoms with Crippen LogP contribution in [-0.4, -0.2) is 52.1 Å². The standard InChI is InChI=1S/C15H22N2O2S/c1-20-11-6-14(18)15(19)17-9-4-13(5-10-17)12-2-7-16-8-3-12/h2-3,7-8,13-14,18H,4-6,9-11H2,1H3. The highest BCUT2D eigenvalue weighted by Crippen LogP contribution is 2.27. The number of aromatic nitrogens is 1. The second kappa shape index (κ2) is 7.64. The molecule has 1 unspecified atom stereocenters. The molecule has 5 heteroatoms. The fourth-order valence-electron chi connectivity index (χ4n) is 2.63. The smallest absolute Gasteiger partial charge is 0.251 e. The Bertz CT molecular complexity index is 419. The molecule has 2 rings (SSSR count). The first-order valence-corrected chi connectivity index (χ1v) is 8.47. The molecule has 0 aliphatic carbocycles. The van der Waals surface area contributed by atoms with Gasteiger partial charge < -0.3 is 10.0 Å². The van der Waals surface area contributed by atoms with Gasteiger partial charge in [0.05, 0.1) is 0 Å². The number of rotatable bonds is 5. The van der Waals surface area contributed by atoms with E-state index in [9.17, 15) is 9.90 Å². The number of hydrogen-bond donors (Lipinski definition) is 1. The van der Waals surface area contributed by atoms with E-state index >= 15 is 0 Å². The van der Waals surface area contributed by atoms with Gasteiger partial charge in [-0.05, 0) is 54.9 Å². The number of carbonyl (C=O) groups excluding carboxylic acids is 1. The molecule has 1 fully saturated rings. The number of likely N-dealkylation sites (tertiary alicyclic amines) is 1. The van der Waals surface area contributed by atoms with Gasteiger partial charge in [-0.1, -0.05) is 0 Å². The molecule has 0 saturated carbocycles. The molecule has 1 saturated heterocycles. The van der Waals surface area contributed by atoms with E-state index in [1.165, 1.54) is 5.56 Å². The first kappa shape index (κ1) is 15.3. The molecular formula is C15H22N2O2S. The first-order valence-electron chi connectivity index (χ1n) is 7.08. The molecule has 20 heavy (non-hydrogen) atoms. The summed E-state index contributed by atoms with van der Waals surface area (Å²) in [6, 6.07) is 4.10. The maximum absolute atomic E-state index is 12.1. The van der Waals surface area contributed by atoms with E-state index < -0.39 is 6.10 Å². The van der Waals surface area contributed by atoms with E-state index in [1.54, 1.807) is 11.8 Å². The maximum Gasteiger partial charge on any atom is 0.251 e. The van der Waals surface area contributed by atoms with Crippen molar-refractivity contribution in [1.82, 2.24) is 9.88 Å². The zero-order valence-electron chi connectivity index (χ0n) is 11.9. The van der Waals surface area contributed by atoms with Crippen LogP contribution in [0.1, 0.15) is 30.7 Å². The molecule has 0 spiro atoms. The SMILES string of the molecule is CSCCC(O)C(=O)N1CCC(c2ccncc2)CC1. The Morgan fingerprint density at radius 2 is 2.10 bits per heavy atom. The van der Waals surface area contributed by atoms with Crippen LogP contribution in [0.4, 0.5) is 0 Å². The summed E-state index contributed by atoms with van der Waals surface area (Å²) in [7, 11) is 0. The molecule has 1 aliphatic heterocycles. The number of aliphatic hydroxyl groups excluding tert-OH is 1. The fraction of sp³-hybridized carbons (Fsp3) is 0.600. The minimum atomic E-state index is -0.833. The Morgan fingerprint density at radius 3 is 2.70 bits per heavy atom. The monoisotopic (exact) mass is 294 g/mol. The number of piperidine rings is 1. The summed E-state index contributed by atoms with van der Waals surface area (Å²) in [6.07, 6.45) is 7.26. The van der Waals surface area contributed by atoms with Crippen LogP contribution in [-0.2, 0) is 4.79 Å². The molecule has 0 bridgehead atoms. The molecular weight excluding hydrogens is 272 g/mol. The fourth-order valence-corrected chi connectivity index (χ4v) is 3.09. The topological polar surface area (TPSA) is 53.4 Å². The molecule has 1 aliphatic rings. The van der Waals surface area contributed by atoms with E-state index in [-0.39, 0.29) is 5.91 Å². The zero-order valence-corrected chi connectivity index (χ0v) is 12.7. The van der Waals surface area contributed by atoms with Crippen molar-refractivity contribution in [3.8, 4) is 0 Å². The lowest BCUT2D eigenvalue weighted by molar-refractivity contribution is -0.141. The highest BCUT2D eigenvalue weighted by molar-refractivity contribution is 7.98. The van der Waals surface area contributed by atoms with Crippen LogP contribution < -0.4 is 0 Å². The second-order valence-corrected chi connectivity index (χ2v) is 6.16. The summed E-state index contributed by atoms with van der Waals surface area (Å²) in [5, 5.41) is 9.87. The van der Waals surface area contributed by atoms with Gasteiger partial charge in [0, 0.05) is 25.5 Å².